The molecule has 0 saturated carbocycles. The fourth-order valence-electron chi connectivity index (χ4n) is 1.18. The van der Waals surface area contributed by atoms with Crippen LogP contribution in [0.4, 0.5) is 5.69 Å². The lowest BCUT2D eigenvalue weighted by Gasteiger charge is -2.06. The van der Waals surface area contributed by atoms with Crippen LogP contribution in [0.2, 0.25) is 0 Å². The first-order chi connectivity index (χ1) is 7.51. The lowest BCUT2D eigenvalue weighted by molar-refractivity contribution is -0.385. The molecule has 0 fully saturated rings. The number of nitro benzene ring substituents is 1. The van der Waals surface area contributed by atoms with Gasteiger partial charge in [0.15, 0.2) is 17.3 Å². The third-order valence-corrected chi connectivity index (χ3v) is 1.94. The molecule has 0 amide bonds. The average Bonchev–Trinajstić information content (AvgIpc) is 2.27. The van der Waals surface area contributed by atoms with Gasteiger partial charge < -0.3 is 14.9 Å². The smallest absolute Gasteiger partial charge is 0.284 e. The Bertz CT molecular complexity index is 442. The van der Waals surface area contributed by atoms with Gasteiger partial charge in [-0.1, -0.05) is 0 Å². The summed E-state index contributed by atoms with van der Waals surface area (Å²) < 4.78 is 4.71. The number of phenols is 1. The first kappa shape index (κ1) is 11.9. The van der Waals surface area contributed by atoms with E-state index >= 15 is 0 Å². The summed E-state index contributed by atoms with van der Waals surface area (Å²) >= 11 is 0. The van der Waals surface area contributed by atoms with Gasteiger partial charge in [-0.25, -0.2) is 0 Å². The van der Waals surface area contributed by atoms with Gasteiger partial charge in [0, 0.05) is 6.07 Å². The number of ether oxygens (including phenoxy) is 1. The van der Waals surface area contributed by atoms with Crippen LogP contribution in [0.5, 0.6) is 11.5 Å². The molecule has 0 heterocycles. The van der Waals surface area contributed by atoms with Gasteiger partial charge in [0.2, 0.25) is 0 Å². The Morgan fingerprint density at radius 1 is 1.56 bits per heavy atom. The van der Waals surface area contributed by atoms with Gasteiger partial charge in [-0.05, 0) is 0 Å². The molecular weight excluding hydrogens is 218 g/mol. The van der Waals surface area contributed by atoms with Crippen molar-refractivity contribution in [2.24, 2.45) is 0 Å². The molecule has 0 atom stereocenters. The molecule has 0 unspecified atom stereocenters. The molecule has 0 bridgehead atoms. The number of Topliss-reactive ketones (excluding diaryl/α,β-unsaturated/α-hetero) is 1. The first-order valence-corrected chi connectivity index (χ1v) is 4.20. The van der Waals surface area contributed by atoms with Crippen LogP contribution in [0.1, 0.15) is 10.4 Å². The van der Waals surface area contributed by atoms with E-state index in [1.54, 1.807) is 0 Å². The van der Waals surface area contributed by atoms with E-state index in [0.717, 1.165) is 12.1 Å². The second kappa shape index (κ2) is 4.58. The molecule has 0 aliphatic heterocycles. The summed E-state index contributed by atoms with van der Waals surface area (Å²) in [6.07, 6.45) is 0. The van der Waals surface area contributed by atoms with Crippen LogP contribution in [-0.2, 0) is 0 Å². The molecule has 7 heteroatoms. The van der Waals surface area contributed by atoms with Crippen molar-refractivity contribution in [3.63, 3.8) is 0 Å². The van der Waals surface area contributed by atoms with E-state index in [0.29, 0.717) is 0 Å². The average molecular weight is 227 g/mol. The molecule has 0 saturated heterocycles. The maximum Gasteiger partial charge on any atom is 0.284 e. The summed E-state index contributed by atoms with van der Waals surface area (Å²) in [5, 5.41) is 28.6. The zero-order valence-electron chi connectivity index (χ0n) is 8.34. The monoisotopic (exact) mass is 227 g/mol. The number of methoxy groups -OCH3 is 1. The molecule has 1 aromatic rings. The quantitative estimate of drug-likeness (QED) is 0.440. The Hall–Kier alpha value is -2.15. The van der Waals surface area contributed by atoms with Crippen molar-refractivity contribution < 1.29 is 24.7 Å². The van der Waals surface area contributed by atoms with Crippen LogP contribution < -0.4 is 4.74 Å². The third-order valence-electron chi connectivity index (χ3n) is 1.94. The normalized spacial score (nSPS) is 9.88. The molecule has 0 aromatic heterocycles. The van der Waals surface area contributed by atoms with E-state index in [-0.39, 0.29) is 11.3 Å². The predicted molar refractivity (Wildman–Crippen MR) is 52.7 cm³/mol. The van der Waals surface area contributed by atoms with E-state index in [4.69, 9.17) is 9.84 Å². The van der Waals surface area contributed by atoms with E-state index in [9.17, 15) is 20.0 Å². The fraction of sp³-hybridized carbons (Fsp3) is 0.222. The molecule has 2 N–H and O–H groups in total. The fourth-order valence-corrected chi connectivity index (χ4v) is 1.18. The minimum Gasteiger partial charge on any atom is -0.504 e. The van der Waals surface area contributed by atoms with Crippen LogP contribution >= 0.6 is 0 Å². The Balaban J connectivity index is 3.42. The van der Waals surface area contributed by atoms with E-state index in [1.807, 2.05) is 0 Å². The van der Waals surface area contributed by atoms with Crippen LogP contribution in [0, 0.1) is 10.1 Å². The highest BCUT2D eigenvalue weighted by molar-refractivity contribution is 6.01. The third kappa shape index (κ3) is 2.09. The summed E-state index contributed by atoms with van der Waals surface area (Å²) in [5.41, 5.74) is -0.875. The summed E-state index contributed by atoms with van der Waals surface area (Å²) in [7, 11) is 1.24. The Labute approximate surface area is 90.0 Å². The minimum atomic E-state index is -0.852. The highest BCUT2D eigenvalue weighted by Crippen LogP contribution is 2.33. The zero-order chi connectivity index (χ0) is 12.3. The van der Waals surface area contributed by atoms with Crippen LogP contribution in [0.15, 0.2) is 12.1 Å². The van der Waals surface area contributed by atoms with Crippen LogP contribution in [0.3, 0.4) is 0 Å². The number of carbonyl (C=O) groups excluding carboxylic acids is 1. The maximum absolute atomic E-state index is 11.2. The molecule has 86 valence electrons. The zero-order valence-corrected chi connectivity index (χ0v) is 8.34. The van der Waals surface area contributed by atoms with Gasteiger partial charge >= 0.3 is 0 Å². The number of nitrogens with zero attached hydrogens (tertiary/aromatic N) is 1. The van der Waals surface area contributed by atoms with Gasteiger partial charge in [-0.15, -0.1) is 0 Å². The van der Waals surface area contributed by atoms with Gasteiger partial charge in [-0.3, -0.25) is 14.9 Å². The van der Waals surface area contributed by atoms with Crippen molar-refractivity contribution in [2.75, 3.05) is 13.7 Å². The Morgan fingerprint density at radius 2 is 2.19 bits per heavy atom. The van der Waals surface area contributed by atoms with Gasteiger partial charge in [-0.2, -0.15) is 0 Å². The minimum absolute atomic E-state index is 0.0672. The maximum atomic E-state index is 11.2. The van der Waals surface area contributed by atoms with Gasteiger partial charge in [0.25, 0.3) is 5.69 Å². The van der Waals surface area contributed by atoms with E-state index in [1.165, 1.54) is 7.11 Å². The second-order valence-corrected chi connectivity index (χ2v) is 2.88. The number of aliphatic hydroxyl groups excluding tert-OH is 1. The summed E-state index contributed by atoms with van der Waals surface area (Å²) in [6.45, 7) is -0.852. The number of ketones is 1. The second-order valence-electron chi connectivity index (χ2n) is 2.88. The number of nitro groups is 1. The van der Waals surface area contributed by atoms with Crippen molar-refractivity contribution in [1.29, 1.82) is 0 Å². The SMILES string of the molecule is COc1cc(C(=O)CO)c([N+](=O)[O-])cc1O. The van der Waals surface area contributed by atoms with Gasteiger partial charge in [0.1, 0.15) is 12.2 Å². The number of aromatic hydroxyl groups is 1. The topological polar surface area (TPSA) is 110 Å². The molecule has 7 nitrogen and oxygen atoms in total. The van der Waals surface area contributed by atoms with Crippen molar-refractivity contribution in [3.8, 4) is 11.5 Å². The van der Waals surface area contributed by atoms with Crippen LogP contribution in [0.25, 0.3) is 0 Å². The molecule has 16 heavy (non-hydrogen) atoms. The summed E-state index contributed by atoms with van der Waals surface area (Å²) in [4.78, 5) is 21.0. The molecule has 0 aliphatic carbocycles. The Morgan fingerprint density at radius 3 is 2.62 bits per heavy atom. The predicted octanol–water partition coefficient (Wildman–Crippen LogP) is 0.484. The van der Waals surface area contributed by atoms with Crippen molar-refractivity contribution in [1.82, 2.24) is 0 Å². The highest BCUT2D eigenvalue weighted by atomic mass is 16.6. The lowest BCUT2D eigenvalue weighted by Crippen LogP contribution is -2.08. The van der Waals surface area contributed by atoms with Crippen LogP contribution in [-0.4, -0.2) is 34.6 Å². The number of hydrogen-bond donors (Lipinski definition) is 2. The number of aliphatic hydroxyl groups is 1. The van der Waals surface area contributed by atoms with E-state index < -0.39 is 28.8 Å². The number of carbonyl (C=O) groups is 1. The molecule has 0 aliphatic rings. The standard InChI is InChI=1S/C9H9NO6/c1-16-9-2-5(8(13)4-11)6(10(14)15)3-7(9)12/h2-3,11-12H,4H2,1H3. The molecule has 1 rings (SSSR count). The number of phenolic OH excluding ortho intramolecular Hbond substituents is 1. The molecule has 0 radical (unpaired) electrons. The number of hydrogen-bond acceptors (Lipinski definition) is 6. The van der Waals surface area contributed by atoms with Gasteiger partial charge in [0.05, 0.1) is 18.1 Å². The first-order valence-electron chi connectivity index (χ1n) is 4.20. The molecule has 0 spiro atoms. The molecular formula is C9H9NO6. The Kier molecular flexibility index (Phi) is 3.41. The largest absolute Gasteiger partial charge is 0.504 e. The summed E-state index contributed by atoms with van der Waals surface area (Å²) in [6, 6.07) is 1.83. The lowest BCUT2D eigenvalue weighted by atomic mass is 10.1. The summed E-state index contributed by atoms with van der Waals surface area (Å²) in [5.74, 6) is -1.32. The van der Waals surface area contributed by atoms with Crippen molar-refractivity contribution in [3.05, 3.63) is 27.8 Å². The van der Waals surface area contributed by atoms with Crippen molar-refractivity contribution in [2.45, 2.75) is 0 Å². The highest BCUT2D eigenvalue weighted by Gasteiger charge is 2.23. The van der Waals surface area contributed by atoms with Crippen molar-refractivity contribution >= 4 is 11.5 Å². The molecule has 1 aromatic carbocycles. The van der Waals surface area contributed by atoms with E-state index in [2.05, 4.69) is 0 Å². The number of rotatable bonds is 4. The number of benzene rings is 1.